The fourth-order valence-corrected chi connectivity index (χ4v) is 1.55. The molecule has 0 aliphatic carbocycles. The van der Waals surface area contributed by atoms with Crippen LogP contribution in [0.3, 0.4) is 0 Å². The maximum atomic E-state index is 2.41. The summed E-state index contributed by atoms with van der Waals surface area (Å²) in [7, 11) is 0. The molecule has 78 valence electrons. The summed E-state index contributed by atoms with van der Waals surface area (Å²) in [6.45, 7) is 13.9. The summed E-state index contributed by atoms with van der Waals surface area (Å²) < 4.78 is 0. The van der Waals surface area contributed by atoms with Crippen LogP contribution in [0.15, 0.2) is 11.6 Å². The van der Waals surface area contributed by atoms with Crippen molar-refractivity contribution in [3.05, 3.63) is 11.6 Å². The van der Waals surface area contributed by atoms with Gasteiger partial charge in [-0.05, 0) is 31.1 Å². The van der Waals surface area contributed by atoms with Crippen LogP contribution in [-0.2, 0) is 0 Å². The van der Waals surface area contributed by atoms with Crippen LogP contribution in [0.4, 0.5) is 0 Å². The van der Waals surface area contributed by atoms with E-state index in [4.69, 9.17) is 0 Å². The largest absolute Gasteiger partial charge is 0.0853 e. The molecule has 0 N–H and O–H groups in total. The minimum Gasteiger partial charge on any atom is -0.0853 e. The first-order valence-electron chi connectivity index (χ1n) is 5.67. The lowest BCUT2D eigenvalue weighted by Gasteiger charge is -2.24. The maximum absolute atomic E-state index is 2.41. The van der Waals surface area contributed by atoms with Crippen LogP contribution in [-0.4, -0.2) is 0 Å². The fourth-order valence-electron chi connectivity index (χ4n) is 1.55. The molecule has 0 nitrogen and oxygen atoms in total. The van der Waals surface area contributed by atoms with Gasteiger partial charge in [0.25, 0.3) is 0 Å². The third-order valence-electron chi connectivity index (χ3n) is 3.31. The summed E-state index contributed by atoms with van der Waals surface area (Å²) in [5.41, 5.74) is 1.57. The van der Waals surface area contributed by atoms with Crippen LogP contribution >= 0.6 is 0 Å². The molecule has 13 heavy (non-hydrogen) atoms. The van der Waals surface area contributed by atoms with Gasteiger partial charge in [0.05, 0.1) is 0 Å². The lowest BCUT2D eigenvalue weighted by Crippen LogP contribution is -2.15. The van der Waals surface area contributed by atoms with Gasteiger partial charge < -0.3 is 0 Å². The highest BCUT2D eigenvalue weighted by Crippen LogP contribution is 2.26. The Balaban J connectivity index is 4.15. The molecule has 0 saturated carbocycles. The highest BCUT2D eigenvalue weighted by Gasteiger charge is 2.16. The average molecular weight is 182 g/mol. The van der Waals surface area contributed by atoms with Crippen molar-refractivity contribution in [2.24, 2.45) is 17.8 Å². The Morgan fingerprint density at radius 1 is 1.15 bits per heavy atom. The summed E-state index contributed by atoms with van der Waals surface area (Å²) in [5, 5.41) is 0. The van der Waals surface area contributed by atoms with E-state index in [0.29, 0.717) is 0 Å². The van der Waals surface area contributed by atoms with Crippen molar-refractivity contribution in [3.63, 3.8) is 0 Å². The van der Waals surface area contributed by atoms with Crippen molar-refractivity contribution >= 4 is 0 Å². The number of allylic oxidation sites excluding steroid dienone is 2. The van der Waals surface area contributed by atoms with Crippen molar-refractivity contribution < 1.29 is 0 Å². The quantitative estimate of drug-likeness (QED) is 0.542. The van der Waals surface area contributed by atoms with E-state index in [-0.39, 0.29) is 0 Å². The molecular weight excluding hydrogens is 156 g/mol. The maximum Gasteiger partial charge on any atom is -0.0206 e. The third kappa shape index (κ3) is 4.50. The standard InChI is InChI=1S/C13H26/c1-7-8-9-11(4)13(6)12(5)10(2)3/h9-10,12-13H,7-8H2,1-6H3. The molecule has 0 amide bonds. The van der Waals surface area contributed by atoms with Gasteiger partial charge >= 0.3 is 0 Å². The number of hydrogen-bond acceptors (Lipinski definition) is 0. The van der Waals surface area contributed by atoms with Crippen molar-refractivity contribution in [2.45, 2.75) is 54.4 Å². The van der Waals surface area contributed by atoms with E-state index in [9.17, 15) is 0 Å². The normalized spacial score (nSPS) is 17.6. The molecule has 0 saturated heterocycles. The Hall–Kier alpha value is -0.260. The lowest BCUT2D eigenvalue weighted by molar-refractivity contribution is 0.330. The van der Waals surface area contributed by atoms with Gasteiger partial charge in [-0.2, -0.15) is 0 Å². The van der Waals surface area contributed by atoms with Crippen LogP contribution in [0.2, 0.25) is 0 Å². The molecule has 0 aromatic rings. The minimum absolute atomic E-state index is 0.742. The van der Waals surface area contributed by atoms with Gasteiger partial charge in [-0.15, -0.1) is 0 Å². The first-order valence-corrected chi connectivity index (χ1v) is 5.67. The summed E-state index contributed by atoms with van der Waals surface area (Å²) in [6, 6.07) is 0. The topological polar surface area (TPSA) is 0 Å². The van der Waals surface area contributed by atoms with E-state index in [1.807, 2.05) is 0 Å². The van der Waals surface area contributed by atoms with E-state index in [1.54, 1.807) is 5.57 Å². The van der Waals surface area contributed by atoms with Crippen LogP contribution in [0.25, 0.3) is 0 Å². The first-order chi connectivity index (χ1) is 6.00. The zero-order chi connectivity index (χ0) is 10.4. The zero-order valence-electron chi connectivity index (χ0n) is 10.2. The highest BCUT2D eigenvalue weighted by atomic mass is 14.2. The average Bonchev–Trinajstić information content (AvgIpc) is 2.11. The van der Waals surface area contributed by atoms with Crippen LogP contribution in [0.5, 0.6) is 0 Å². The van der Waals surface area contributed by atoms with Gasteiger partial charge in [0.15, 0.2) is 0 Å². The monoisotopic (exact) mass is 182 g/mol. The Kier molecular flexibility index (Phi) is 6.11. The molecule has 0 heterocycles. The van der Waals surface area contributed by atoms with Crippen molar-refractivity contribution in [1.82, 2.24) is 0 Å². The van der Waals surface area contributed by atoms with Gasteiger partial charge in [-0.3, -0.25) is 0 Å². The van der Waals surface area contributed by atoms with Crippen molar-refractivity contribution in [3.8, 4) is 0 Å². The van der Waals surface area contributed by atoms with Crippen molar-refractivity contribution in [1.29, 1.82) is 0 Å². The van der Waals surface area contributed by atoms with Gasteiger partial charge in [-0.1, -0.05) is 52.7 Å². The van der Waals surface area contributed by atoms with Gasteiger partial charge in [-0.25, -0.2) is 0 Å². The first kappa shape index (κ1) is 12.7. The molecule has 0 bridgehead atoms. The van der Waals surface area contributed by atoms with E-state index in [0.717, 1.165) is 17.8 Å². The molecule has 0 aromatic heterocycles. The van der Waals surface area contributed by atoms with Gasteiger partial charge in [0.1, 0.15) is 0 Å². The molecule has 0 rings (SSSR count). The molecule has 0 fully saturated rings. The second-order valence-corrected chi connectivity index (χ2v) is 4.63. The molecule has 0 aromatic carbocycles. The molecule has 2 unspecified atom stereocenters. The predicted molar refractivity (Wildman–Crippen MR) is 61.8 cm³/mol. The van der Waals surface area contributed by atoms with E-state index in [2.05, 4.69) is 47.6 Å². The number of unbranched alkanes of at least 4 members (excludes halogenated alkanes) is 1. The molecule has 0 spiro atoms. The number of rotatable bonds is 5. The second-order valence-electron chi connectivity index (χ2n) is 4.63. The zero-order valence-corrected chi connectivity index (χ0v) is 10.2. The molecule has 0 radical (unpaired) electrons. The smallest absolute Gasteiger partial charge is 0.0206 e. The van der Waals surface area contributed by atoms with Crippen LogP contribution < -0.4 is 0 Å². The highest BCUT2D eigenvalue weighted by molar-refractivity contribution is 5.03. The van der Waals surface area contributed by atoms with Gasteiger partial charge in [0.2, 0.25) is 0 Å². The predicted octanol–water partition coefficient (Wildman–Crippen LogP) is 4.66. The summed E-state index contributed by atoms with van der Waals surface area (Å²) in [5.74, 6) is 2.33. The Labute approximate surface area is 84.4 Å². The van der Waals surface area contributed by atoms with E-state index in [1.165, 1.54) is 12.8 Å². The third-order valence-corrected chi connectivity index (χ3v) is 3.31. The van der Waals surface area contributed by atoms with E-state index >= 15 is 0 Å². The Bertz CT molecular complexity index is 153. The van der Waals surface area contributed by atoms with Crippen molar-refractivity contribution in [2.75, 3.05) is 0 Å². The molecule has 0 heteroatoms. The lowest BCUT2D eigenvalue weighted by atomic mass is 9.82. The van der Waals surface area contributed by atoms with E-state index < -0.39 is 0 Å². The SMILES string of the molecule is CCCC=C(C)C(C)C(C)C(C)C. The molecule has 0 aliphatic rings. The van der Waals surface area contributed by atoms with Gasteiger partial charge in [0, 0.05) is 0 Å². The molecule has 0 aliphatic heterocycles. The Morgan fingerprint density at radius 2 is 1.69 bits per heavy atom. The molecular formula is C13H26. The van der Waals surface area contributed by atoms with Crippen LogP contribution in [0, 0.1) is 17.8 Å². The summed E-state index contributed by atoms with van der Waals surface area (Å²) >= 11 is 0. The fraction of sp³-hybridized carbons (Fsp3) is 0.846. The summed E-state index contributed by atoms with van der Waals surface area (Å²) in [4.78, 5) is 0. The summed E-state index contributed by atoms with van der Waals surface area (Å²) in [6.07, 6.45) is 4.91. The number of hydrogen-bond donors (Lipinski definition) is 0. The second kappa shape index (κ2) is 6.23. The molecule has 2 atom stereocenters. The van der Waals surface area contributed by atoms with Crippen LogP contribution in [0.1, 0.15) is 54.4 Å². The Morgan fingerprint density at radius 3 is 2.08 bits per heavy atom. The minimum atomic E-state index is 0.742.